The number of hydrogen-bond acceptors (Lipinski definition) is 3. The SMILES string of the molecule is O=C(Cc1ccccc1)c1ccccc1N=Cc1cccs1. The second kappa shape index (κ2) is 6.96. The van der Waals surface area contributed by atoms with Gasteiger partial charge in [-0.3, -0.25) is 9.79 Å². The predicted molar refractivity (Wildman–Crippen MR) is 92.5 cm³/mol. The van der Waals surface area contributed by atoms with E-state index in [-0.39, 0.29) is 5.78 Å². The second-order valence-electron chi connectivity index (χ2n) is 4.88. The first kappa shape index (κ1) is 14.4. The lowest BCUT2D eigenvalue weighted by Gasteiger charge is -2.05. The van der Waals surface area contributed by atoms with Crippen molar-refractivity contribution in [3.63, 3.8) is 0 Å². The molecule has 0 N–H and O–H groups in total. The maximum Gasteiger partial charge on any atom is 0.169 e. The summed E-state index contributed by atoms with van der Waals surface area (Å²) in [7, 11) is 0. The van der Waals surface area contributed by atoms with Crippen LogP contribution in [0.5, 0.6) is 0 Å². The van der Waals surface area contributed by atoms with Crippen molar-refractivity contribution in [2.24, 2.45) is 4.99 Å². The maximum atomic E-state index is 12.5. The number of thiophene rings is 1. The molecule has 0 aliphatic rings. The number of carbonyl (C=O) groups excluding carboxylic acids is 1. The largest absolute Gasteiger partial charge is 0.294 e. The Morgan fingerprint density at radius 2 is 1.73 bits per heavy atom. The number of nitrogens with zero attached hydrogens (tertiary/aromatic N) is 1. The summed E-state index contributed by atoms with van der Waals surface area (Å²) in [4.78, 5) is 18.1. The molecule has 0 amide bonds. The number of hydrogen-bond donors (Lipinski definition) is 0. The average molecular weight is 305 g/mol. The fourth-order valence-electron chi connectivity index (χ4n) is 2.20. The van der Waals surface area contributed by atoms with Crippen LogP contribution < -0.4 is 0 Å². The number of aliphatic imine (C=N–C) groups is 1. The monoisotopic (exact) mass is 305 g/mol. The van der Waals surface area contributed by atoms with Crippen molar-refractivity contribution in [2.75, 3.05) is 0 Å². The molecule has 0 spiro atoms. The molecule has 0 saturated heterocycles. The van der Waals surface area contributed by atoms with Gasteiger partial charge in [0.25, 0.3) is 0 Å². The summed E-state index contributed by atoms with van der Waals surface area (Å²) in [6, 6.07) is 21.3. The number of ketones is 1. The average Bonchev–Trinajstić information content (AvgIpc) is 3.07. The molecule has 2 nitrogen and oxygen atoms in total. The van der Waals surface area contributed by atoms with E-state index in [9.17, 15) is 4.79 Å². The van der Waals surface area contributed by atoms with E-state index in [0.29, 0.717) is 12.0 Å². The summed E-state index contributed by atoms with van der Waals surface area (Å²) in [5.74, 6) is 0.0881. The first-order valence-electron chi connectivity index (χ1n) is 7.06. The van der Waals surface area contributed by atoms with Gasteiger partial charge in [-0.25, -0.2) is 0 Å². The lowest BCUT2D eigenvalue weighted by atomic mass is 10.0. The highest BCUT2D eigenvalue weighted by molar-refractivity contribution is 7.11. The molecule has 0 unspecified atom stereocenters. The zero-order valence-corrected chi connectivity index (χ0v) is 12.8. The molecule has 0 atom stereocenters. The van der Waals surface area contributed by atoms with Gasteiger partial charge in [0.15, 0.2) is 5.78 Å². The molecule has 22 heavy (non-hydrogen) atoms. The van der Waals surface area contributed by atoms with Crippen LogP contribution in [-0.2, 0) is 6.42 Å². The van der Waals surface area contributed by atoms with Gasteiger partial charge in [0.2, 0.25) is 0 Å². The second-order valence-corrected chi connectivity index (χ2v) is 5.86. The Labute approximate surface area is 133 Å². The van der Waals surface area contributed by atoms with E-state index in [2.05, 4.69) is 4.99 Å². The molecular formula is C19H15NOS. The Hall–Kier alpha value is -2.52. The van der Waals surface area contributed by atoms with Crippen molar-refractivity contribution in [3.05, 3.63) is 88.1 Å². The van der Waals surface area contributed by atoms with Crippen LogP contribution in [-0.4, -0.2) is 12.0 Å². The van der Waals surface area contributed by atoms with Gasteiger partial charge >= 0.3 is 0 Å². The zero-order chi connectivity index (χ0) is 15.2. The van der Waals surface area contributed by atoms with E-state index in [1.807, 2.05) is 72.1 Å². The highest BCUT2D eigenvalue weighted by Crippen LogP contribution is 2.21. The number of carbonyl (C=O) groups is 1. The molecule has 3 aromatic rings. The van der Waals surface area contributed by atoms with Crippen molar-refractivity contribution in [1.29, 1.82) is 0 Å². The van der Waals surface area contributed by atoms with Crippen molar-refractivity contribution in [2.45, 2.75) is 6.42 Å². The summed E-state index contributed by atoms with van der Waals surface area (Å²) in [6.45, 7) is 0. The van der Waals surface area contributed by atoms with E-state index in [1.165, 1.54) is 0 Å². The van der Waals surface area contributed by atoms with E-state index in [1.54, 1.807) is 17.6 Å². The third kappa shape index (κ3) is 3.57. The molecule has 0 fully saturated rings. The minimum absolute atomic E-state index is 0.0881. The molecule has 0 aliphatic carbocycles. The Kier molecular flexibility index (Phi) is 4.56. The molecule has 0 radical (unpaired) electrons. The van der Waals surface area contributed by atoms with Gasteiger partial charge in [-0.1, -0.05) is 48.5 Å². The Bertz CT molecular complexity index is 776. The molecule has 108 valence electrons. The van der Waals surface area contributed by atoms with Crippen LogP contribution in [0.4, 0.5) is 5.69 Å². The van der Waals surface area contributed by atoms with Crippen LogP contribution >= 0.6 is 11.3 Å². The summed E-state index contributed by atoms with van der Waals surface area (Å²) in [5.41, 5.74) is 2.40. The van der Waals surface area contributed by atoms with Crippen LogP contribution in [0.2, 0.25) is 0 Å². The van der Waals surface area contributed by atoms with Crippen LogP contribution in [0.15, 0.2) is 77.1 Å². The van der Waals surface area contributed by atoms with Gasteiger partial charge in [-0.05, 0) is 29.1 Å². The molecule has 0 bridgehead atoms. The normalized spacial score (nSPS) is 10.9. The minimum atomic E-state index is 0.0881. The number of rotatable bonds is 5. The molecule has 0 saturated carbocycles. The number of benzene rings is 2. The maximum absolute atomic E-state index is 12.5. The van der Waals surface area contributed by atoms with Gasteiger partial charge < -0.3 is 0 Å². The van der Waals surface area contributed by atoms with E-state index in [0.717, 1.165) is 16.1 Å². The van der Waals surface area contributed by atoms with Crippen LogP contribution in [0.1, 0.15) is 20.8 Å². The predicted octanol–water partition coefficient (Wildman–Crippen LogP) is 4.92. The van der Waals surface area contributed by atoms with Crippen LogP contribution in [0.25, 0.3) is 0 Å². The van der Waals surface area contributed by atoms with Crippen molar-refractivity contribution < 1.29 is 4.79 Å². The Balaban J connectivity index is 1.83. The molecule has 3 rings (SSSR count). The summed E-state index contributed by atoms with van der Waals surface area (Å²) < 4.78 is 0. The minimum Gasteiger partial charge on any atom is -0.294 e. The molecular weight excluding hydrogens is 290 g/mol. The van der Waals surface area contributed by atoms with Gasteiger partial charge in [-0.15, -0.1) is 11.3 Å². The van der Waals surface area contributed by atoms with Gasteiger partial charge in [0.05, 0.1) is 5.69 Å². The van der Waals surface area contributed by atoms with Crippen molar-refractivity contribution >= 4 is 29.0 Å². The standard InChI is InChI=1S/C19H15NOS/c21-19(13-15-7-2-1-3-8-15)17-10-4-5-11-18(17)20-14-16-9-6-12-22-16/h1-12,14H,13H2. The molecule has 1 aromatic heterocycles. The fraction of sp³-hybridized carbons (Fsp3) is 0.0526. The van der Waals surface area contributed by atoms with E-state index < -0.39 is 0 Å². The Morgan fingerprint density at radius 1 is 0.955 bits per heavy atom. The van der Waals surface area contributed by atoms with Gasteiger partial charge in [-0.2, -0.15) is 0 Å². The Morgan fingerprint density at radius 3 is 2.50 bits per heavy atom. The van der Waals surface area contributed by atoms with Crippen LogP contribution in [0, 0.1) is 0 Å². The third-order valence-corrected chi connectivity index (χ3v) is 4.09. The first-order chi connectivity index (χ1) is 10.8. The fourth-order valence-corrected chi connectivity index (χ4v) is 2.78. The van der Waals surface area contributed by atoms with Gasteiger partial charge in [0.1, 0.15) is 0 Å². The van der Waals surface area contributed by atoms with E-state index in [4.69, 9.17) is 0 Å². The molecule has 0 aliphatic heterocycles. The zero-order valence-electron chi connectivity index (χ0n) is 12.0. The topological polar surface area (TPSA) is 29.4 Å². The lowest BCUT2D eigenvalue weighted by molar-refractivity contribution is 0.0993. The van der Waals surface area contributed by atoms with Crippen LogP contribution in [0.3, 0.4) is 0 Å². The highest BCUT2D eigenvalue weighted by atomic mass is 32.1. The van der Waals surface area contributed by atoms with E-state index >= 15 is 0 Å². The van der Waals surface area contributed by atoms with Gasteiger partial charge in [0, 0.05) is 23.1 Å². The van der Waals surface area contributed by atoms with Crippen molar-refractivity contribution in [3.8, 4) is 0 Å². The number of para-hydroxylation sites is 1. The summed E-state index contributed by atoms with van der Waals surface area (Å²) >= 11 is 1.62. The third-order valence-electron chi connectivity index (χ3n) is 3.29. The molecule has 1 heterocycles. The first-order valence-corrected chi connectivity index (χ1v) is 7.94. The smallest absolute Gasteiger partial charge is 0.169 e. The molecule has 3 heteroatoms. The summed E-state index contributed by atoms with van der Waals surface area (Å²) in [5, 5.41) is 2.01. The molecule has 2 aromatic carbocycles. The van der Waals surface area contributed by atoms with Crippen molar-refractivity contribution in [1.82, 2.24) is 0 Å². The quantitative estimate of drug-likeness (QED) is 0.486. The lowest BCUT2D eigenvalue weighted by Crippen LogP contribution is -2.03. The highest BCUT2D eigenvalue weighted by Gasteiger charge is 2.10. The summed E-state index contributed by atoms with van der Waals surface area (Å²) in [6.07, 6.45) is 2.20. The number of Topliss-reactive ketones (excluding diaryl/α,β-unsaturated/α-hetero) is 1.